The molecule has 0 radical (unpaired) electrons. The summed E-state index contributed by atoms with van der Waals surface area (Å²) in [6.07, 6.45) is 0. The normalized spacial score (nSPS) is 10.8. The Morgan fingerprint density at radius 2 is 2.04 bits per heavy atom. The lowest BCUT2D eigenvalue weighted by Gasteiger charge is -2.06. The van der Waals surface area contributed by atoms with Crippen LogP contribution in [0.2, 0.25) is 0 Å². The summed E-state index contributed by atoms with van der Waals surface area (Å²) in [6.45, 7) is 6.70. The number of benzene rings is 2. The third-order valence-electron chi connectivity index (χ3n) is 3.77. The first kappa shape index (κ1) is 17.8. The van der Waals surface area contributed by atoms with Crippen molar-refractivity contribution in [2.45, 2.75) is 25.1 Å². The van der Waals surface area contributed by atoms with Crippen molar-refractivity contribution in [2.24, 2.45) is 0 Å². The van der Waals surface area contributed by atoms with E-state index in [4.69, 9.17) is 4.74 Å². The summed E-state index contributed by atoms with van der Waals surface area (Å²) in [4.78, 5) is 16.7. The Kier molecular flexibility index (Phi) is 5.60. The largest absolute Gasteiger partial charge is 0.494 e. The molecule has 1 amide bonds. The number of aryl methyl sites for hydroxylation is 2. The van der Waals surface area contributed by atoms with E-state index in [0.717, 1.165) is 26.0 Å². The van der Waals surface area contributed by atoms with E-state index in [0.29, 0.717) is 12.4 Å². The van der Waals surface area contributed by atoms with Gasteiger partial charge in [0.15, 0.2) is 4.34 Å². The minimum absolute atomic E-state index is 0.0254. The maximum Gasteiger partial charge on any atom is 0.234 e. The van der Waals surface area contributed by atoms with E-state index in [1.165, 1.54) is 22.9 Å². The van der Waals surface area contributed by atoms with E-state index in [9.17, 15) is 4.79 Å². The van der Waals surface area contributed by atoms with E-state index < -0.39 is 0 Å². The molecule has 0 spiro atoms. The summed E-state index contributed by atoms with van der Waals surface area (Å²) in [6, 6.07) is 11.8. The fraction of sp³-hybridized carbons (Fsp3) is 0.263. The molecule has 0 bridgehead atoms. The molecule has 1 N–H and O–H groups in total. The van der Waals surface area contributed by atoms with Crippen molar-refractivity contribution in [2.75, 3.05) is 17.7 Å². The van der Waals surface area contributed by atoms with E-state index in [1.54, 1.807) is 11.3 Å². The first-order chi connectivity index (χ1) is 12.0. The second kappa shape index (κ2) is 7.89. The molecular formula is C19H20N2O2S2. The van der Waals surface area contributed by atoms with Crippen molar-refractivity contribution < 1.29 is 9.53 Å². The van der Waals surface area contributed by atoms with Crippen LogP contribution in [-0.2, 0) is 4.79 Å². The van der Waals surface area contributed by atoms with E-state index >= 15 is 0 Å². The number of fused-ring (bicyclic) bond motifs is 1. The van der Waals surface area contributed by atoms with Gasteiger partial charge < -0.3 is 10.1 Å². The van der Waals surface area contributed by atoms with Crippen LogP contribution in [-0.4, -0.2) is 23.3 Å². The predicted octanol–water partition coefficient (Wildman–Crippen LogP) is 5.04. The number of thiazole rings is 1. The number of nitrogens with zero attached hydrogens (tertiary/aromatic N) is 1. The summed E-state index contributed by atoms with van der Waals surface area (Å²) < 4.78 is 7.47. The van der Waals surface area contributed by atoms with Gasteiger partial charge in [0.05, 0.1) is 22.6 Å². The van der Waals surface area contributed by atoms with Crippen LogP contribution in [0.4, 0.5) is 5.69 Å². The number of ether oxygens (including phenoxy) is 1. The number of hydrogen-bond acceptors (Lipinski definition) is 5. The summed E-state index contributed by atoms with van der Waals surface area (Å²) >= 11 is 3.04. The van der Waals surface area contributed by atoms with Gasteiger partial charge in [0.2, 0.25) is 5.91 Å². The number of rotatable bonds is 6. The minimum atomic E-state index is -0.0254. The van der Waals surface area contributed by atoms with Gasteiger partial charge in [0.25, 0.3) is 0 Å². The molecule has 1 heterocycles. The third-order valence-corrected chi connectivity index (χ3v) is 5.93. The van der Waals surface area contributed by atoms with Crippen molar-refractivity contribution >= 4 is 44.9 Å². The second-order valence-corrected chi connectivity index (χ2v) is 7.93. The highest BCUT2D eigenvalue weighted by molar-refractivity contribution is 8.01. The molecule has 0 unspecified atom stereocenters. The van der Waals surface area contributed by atoms with Crippen LogP contribution in [0.5, 0.6) is 5.75 Å². The number of thioether (sulfide) groups is 1. The van der Waals surface area contributed by atoms with Crippen LogP contribution in [0.25, 0.3) is 10.2 Å². The lowest BCUT2D eigenvalue weighted by molar-refractivity contribution is -0.113. The average molecular weight is 373 g/mol. The Balaban J connectivity index is 1.61. The number of aromatic nitrogens is 1. The fourth-order valence-electron chi connectivity index (χ4n) is 2.35. The van der Waals surface area contributed by atoms with Crippen molar-refractivity contribution in [1.29, 1.82) is 0 Å². The Bertz CT molecular complexity index is 906. The van der Waals surface area contributed by atoms with E-state index in [-0.39, 0.29) is 5.91 Å². The molecular weight excluding hydrogens is 352 g/mol. The van der Waals surface area contributed by atoms with Gasteiger partial charge in [-0.3, -0.25) is 4.79 Å². The monoisotopic (exact) mass is 372 g/mol. The second-order valence-electron chi connectivity index (χ2n) is 5.68. The molecule has 2 aromatic carbocycles. The maximum atomic E-state index is 12.2. The number of hydrogen-bond donors (Lipinski definition) is 1. The van der Waals surface area contributed by atoms with Crippen molar-refractivity contribution in [3.8, 4) is 5.75 Å². The van der Waals surface area contributed by atoms with Gasteiger partial charge in [-0.25, -0.2) is 4.98 Å². The van der Waals surface area contributed by atoms with Gasteiger partial charge in [-0.15, -0.1) is 11.3 Å². The molecule has 25 heavy (non-hydrogen) atoms. The SMILES string of the molecule is CCOc1ccc2nc(SCC(=O)Nc3ccc(C)c(C)c3)sc2c1. The lowest BCUT2D eigenvalue weighted by Crippen LogP contribution is -2.14. The first-order valence-electron chi connectivity index (χ1n) is 8.08. The minimum Gasteiger partial charge on any atom is -0.494 e. The van der Waals surface area contributed by atoms with E-state index in [1.807, 2.05) is 50.2 Å². The van der Waals surface area contributed by atoms with Gasteiger partial charge in [-0.05, 0) is 62.2 Å². The molecule has 0 aliphatic carbocycles. The van der Waals surface area contributed by atoms with Crippen LogP contribution < -0.4 is 10.1 Å². The molecule has 4 nitrogen and oxygen atoms in total. The van der Waals surface area contributed by atoms with Crippen LogP contribution in [0.15, 0.2) is 40.7 Å². The quantitative estimate of drug-likeness (QED) is 0.616. The number of carbonyl (C=O) groups excluding carboxylic acids is 1. The van der Waals surface area contributed by atoms with Crippen molar-refractivity contribution in [1.82, 2.24) is 4.98 Å². The summed E-state index contributed by atoms with van der Waals surface area (Å²) in [5, 5.41) is 2.94. The zero-order valence-electron chi connectivity index (χ0n) is 14.5. The molecule has 0 aliphatic rings. The smallest absolute Gasteiger partial charge is 0.234 e. The Morgan fingerprint density at radius 1 is 1.20 bits per heavy atom. The summed E-state index contributed by atoms with van der Waals surface area (Å²) in [7, 11) is 0. The summed E-state index contributed by atoms with van der Waals surface area (Å²) in [5.74, 6) is 1.16. The lowest BCUT2D eigenvalue weighted by atomic mass is 10.1. The number of nitrogens with one attached hydrogen (secondary N) is 1. The van der Waals surface area contributed by atoms with Gasteiger partial charge >= 0.3 is 0 Å². The molecule has 3 aromatic rings. The van der Waals surface area contributed by atoms with Crippen molar-refractivity contribution in [3.05, 3.63) is 47.5 Å². The number of carbonyl (C=O) groups is 1. The Morgan fingerprint density at radius 3 is 2.80 bits per heavy atom. The maximum absolute atomic E-state index is 12.2. The topological polar surface area (TPSA) is 51.2 Å². The Hall–Kier alpha value is -2.05. The highest BCUT2D eigenvalue weighted by Crippen LogP contribution is 2.32. The van der Waals surface area contributed by atoms with Crippen LogP contribution in [0, 0.1) is 13.8 Å². The molecule has 0 atom stereocenters. The van der Waals surface area contributed by atoms with Crippen LogP contribution >= 0.6 is 23.1 Å². The molecule has 6 heteroatoms. The molecule has 0 saturated carbocycles. The highest BCUT2D eigenvalue weighted by Gasteiger charge is 2.09. The average Bonchev–Trinajstić information content (AvgIpc) is 2.99. The predicted molar refractivity (Wildman–Crippen MR) is 106 cm³/mol. The van der Waals surface area contributed by atoms with Gasteiger partial charge in [0, 0.05) is 5.69 Å². The molecule has 130 valence electrons. The first-order valence-corrected chi connectivity index (χ1v) is 9.88. The summed E-state index contributed by atoms with van der Waals surface area (Å²) in [5.41, 5.74) is 4.15. The molecule has 0 aliphatic heterocycles. The standard InChI is InChI=1S/C19H20N2O2S2/c1-4-23-15-7-8-16-17(10-15)25-19(21-16)24-11-18(22)20-14-6-5-12(2)13(3)9-14/h5-10H,4,11H2,1-3H3,(H,20,22). The van der Waals surface area contributed by atoms with Crippen LogP contribution in [0.1, 0.15) is 18.1 Å². The third kappa shape index (κ3) is 4.52. The fourth-order valence-corrected chi connectivity index (χ4v) is 4.24. The molecule has 1 aromatic heterocycles. The molecule has 3 rings (SSSR count). The highest BCUT2D eigenvalue weighted by atomic mass is 32.2. The van der Waals surface area contributed by atoms with Crippen molar-refractivity contribution in [3.63, 3.8) is 0 Å². The molecule has 0 saturated heterocycles. The number of anilines is 1. The zero-order valence-corrected chi connectivity index (χ0v) is 16.1. The Labute approximate surface area is 155 Å². The van der Waals surface area contributed by atoms with Gasteiger partial charge in [0.1, 0.15) is 5.75 Å². The van der Waals surface area contributed by atoms with Gasteiger partial charge in [-0.2, -0.15) is 0 Å². The number of amides is 1. The van der Waals surface area contributed by atoms with Gasteiger partial charge in [-0.1, -0.05) is 17.8 Å². The van der Waals surface area contributed by atoms with E-state index in [2.05, 4.69) is 17.2 Å². The zero-order chi connectivity index (χ0) is 17.8. The van der Waals surface area contributed by atoms with Crippen LogP contribution in [0.3, 0.4) is 0 Å². The molecule has 0 fully saturated rings.